The molecule has 0 saturated heterocycles. The Kier molecular flexibility index (Phi) is 5.68. The maximum absolute atomic E-state index is 9.23. The molecule has 144 valence electrons. The second-order valence-electron chi connectivity index (χ2n) is 6.38. The number of hydrazone groups is 1. The number of hydrogen-bond donors (Lipinski definition) is 1. The largest absolute Gasteiger partial charge is 0.493 e. The van der Waals surface area contributed by atoms with Gasteiger partial charge in [0, 0.05) is 11.1 Å². The Morgan fingerprint density at radius 3 is 2.62 bits per heavy atom. The van der Waals surface area contributed by atoms with Gasteiger partial charge in [0.05, 0.1) is 18.7 Å². The van der Waals surface area contributed by atoms with E-state index >= 15 is 0 Å². The van der Waals surface area contributed by atoms with Crippen LogP contribution in [0.2, 0.25) is 0 Å². The summed E-state index contributed by atoms with van der Waals surface area (Å²) in [5.74, 6) is 1.28. The molecule has 5 nitrogen and oxygen atoms in total. The van der Waals surface area contributed by atoms with Crippen molar-refractivity contribution in [2.24, 2.45) is 5.10 Å². The first-order chi connectivity index (χ1) is 14.3. The minimum atomic E-state index is 0.00692. The molecule has 1 atom stereocenters. The molecule has 0 radical (unpaired) electrons. The molecule has 6 heteroatoms. The highest BCUT2D eigenvalue weighted by Crippen LogP contribution is 2.38. The van der Waals surface area contributed by atoms with Crippen molar-refractivity contribution in [2.75, 3.05) is 7.11 Å². The van der Waals surface area contributed by atoms with Crippen molar-refractivity contribution in [3.63, 3.8) is 0 Å². The van der Waals surface area contributed by atoms with Gasteiger partial charge in [-0.2, -0.15) is 10.4 Å². The monoisotopic (exact) mass is 401 g/mol. The van der Waals surface area contributed by atoms with Gasteiger partial charge in [-0.05, 0) is 23.8 Å². The first kappa shape index (κ1) is 18.9. The fraction of sp³-hybridized carbons (Fsp3) is 0.130. The van der Waals surface area contributed by atoms with Crippen molar-refractivity contribution in [1.29, 1.82) is 5.26 Å². The summed E-state index contributed by atoms with van der Waals surface area (Å²) in [6.45, 7) is 0.303. The SMILES string of the molecule is COc1cc([C@H]2NN=C(c3ccccc3)S2)ccc1OCc1ccccc1C#N. The average Bonchev–Trinajstić information content (AvgIpc) is 3.28. The third-order valence-corrected chi connectivity index (χ3v) is 5.71. The third kappa shape index (κ3) is 4.20. The molecular weight excluding hydrogens is 382 g/mol. The highest BCUT2D eigenvalue weighted by atomic mass is 32.2. The fourth-order valence-electron chi connectivity index (χ4n) is 3.01. The van der Waals surface area contributed by atoms with Crippen LogP contribution in [-0.2, 0) is 6.61 Å². The van der Waals surface area contributed by atoms with E-state index in [4.69, 9.17) is 9.47 Å². The van der Waals surface area contributed by atoms with Gasteiger partial charge in [-0.15, -0.1) is 0 Å². The second-order valence-corrected chi connectivity index (χ2v) is 7.47. The molecule has 3 aromatic rings. The molecular formula is C23H19N3O2S. The quantitative estimate of drug-likeness (QED) is 0.640. The van der Waals surface area contributed by atoms with E-state index in [0.717, 1.165) is 21.7 Å². The van der Waals surface area contributed by atoms with Gasteiger partial charge in [0.1, 0.15) is 17.0 Å². The predicted molar refractivity (Wildman–Crippen MR) is 115 cm³/mol. The Morgan fingerprint density at radius 1 is 1.03 bits per heavy atom. The summed E-state index contributed by atoms with van der Waals surface area (Å²) >= 11 is 1.66. The van der Waals surface area contributed by atoms with Crippen LogP contribution >= 0.6 is 11.8 Å². The number of nitriles is 1. The van der Waals surface area contributed by atoms with Gasteiger partial charge in [-0.1, -0.05) is 66.4 Å². The summed E-state index contributed by atoms with van der Waals surface area (Å²) in [4.78, 5) is 0. The molecule has 0 saturated carbocycles. The van der Waals surface area contributed by atoms with E-state index in [1.807, 2.05) is 66.7 Å². The van der Waals surface area contributed by atoms with Crippen LogP contribution in [0, 0.1) is 11.3 Å². The standard InChI is InChI=1S/C23H19N3O2S/c1-27-21-13-17(23-26-25-22(29-23)16-7-3-2-4-8-16)11-12-20(21)28-15-19-10-6-5-9-18(19)14-24/h2-13,23,26H,15H2,1H3/t23-/m0/s1. The van der Waals surface area contributed by atoms with E-state index in [-0.39, 0.29) is 5.37 Å². The Labute approximate surface area is 174 Å². The smallest absolute Gasteiger partial charge is 0.161 e. The minimum absolute atomic E-state index is 0.00692. The topological polar surface area (TPSA) is 66.6 Å². The molecule has 0 bridgehead atoms. The lowest BCUT2D eigenvalue weighted by molar-refractivity contribution is 0.284. The van der Waals surface area contributed by atoms with E-state index in [1.165, 1.54) is 0 Å². The molecule has 1 N–H and O–H groups in total. The van der Waals surface area contributed by atoms with Gasteiger partial charge in [-0.3, -0.25) is 5.43 Å². The lowest BCUT2D eigenvalue weighted by Crippen LogP contribution is -2.07. The van der Waals surface area contributed by atoms with Crippen molar-refractivity contribution in [3.8, 4) is 17.6 Å². The molecule has 1 aliphatic heterocycles. The van der Waals surface area contributed by atoms with Crippen LogP contribution in [0.5, 0.6) is 11.5 Å². The molecule has 0 spiro atoms. The van der Waals surface area contributed by atoms with Crippen molar-refractivity contribution in [2.45, 2.75) is 12.0 Å². The van der Waals surface area contributed by atoms with E-state index in [1.54, 1.807) is 24.9 Å². The fourth-order valence-corrected chi connectivity index (χ4v) is 4.00. The molecule has 0 fully saturated rings. The maximum atomic E-state index is 9.23. The first-order valence-electron chi connectivity index (χ1n) is 9.12. The van der Waals surface area contributed by atoms with Crippen LogP contribution < -0.4 is 14.9 Å². The van der Waals surface area contributed by atoms with Gasteiger partial charge >= 0.3 is 0 Å². The van der Waals surface area contributed by atoms with Gasteiger partial charge in [-0.25, -0.2) is 0 Å². The third-order valence-electron chi connectivity index (χ3n) is 4.54. The number of nitrogens with one attached hydrogen (secondary N) is 1. The normalized spacial score (nSPS) is 15.2. The Morgan fingerprint density at radius 2 is 1.83 bits per heavy atom. The number of ether oxygens (including phenoxy) is 2. The Bertz CT molecular complexity index is 1080. The molecule has 3 aromatic carbocycles. The van der Waals surface area contributed by atoms with E-state index in [2.05, 4.69) is 16.6 Å². The zero-order valence-corrected chi connectivity index (χ0v) is 16.6. The molecule has 0 amide bonds. The van der Waals surface area contributed by atoms with Gasteiger partial charge in [0.2, 0.25) is 0 Å². The molecule has 1 heterocycles. The molecule has 4 rings (SSSR count). The molecule has 0 unspecified atom stereocenters. The lowest BCUT2D eigenvalue weighted by atomic mass is 10.1. The number of methoxy groups -OCH3 is 1. The highest BCUT2D eigenvalue weighted by molar-refractivity contribution is 8.14. The number of hydrogen-bond acceptors (Lipinski definition) is 6. The number of thioether (sulfide) groups is 1. The Balaban J connectivity index is 1.47. The minimum Gasteiger partial charge on any atom is -0.493 e. The van der Waals surface area contributed by atoms with Gasteiger partial charge < -0.3 is 9.47 Å². The van der Waals surface area contributed by atoms with Crippen LogP contribution in [0.15, 0.2) is 77.9 Å². The maximum Gasteiger partial charge on any atom is 0.161 e. The van der Waals surface area contributed by atoms with Crippen LogP contribution in [0.1, 0.15) is 27.6 Å². The number of nitrogens with zero attached hydrogens (tertiary/aromatic N) is 2. The molecule has 0 aromatic heterocycles. The number of benzene rings is 3. The van der Waals surface area contributed by atoms with Crippen molar-refractivity contribution < 1.29 is 9.47 Å². The average molecular weight is 401 g/mol. The van der Waals surface area contributed by atoms with Crippen molar-refractivity contribution >= 4 is 16.8 Å². The zero-order chi connectivity index (χ0) is 20.1. The summed E-state index contributed by atoms with van der Waals surface area (Å²) in [5, 5.41) is 14.7. The molecule has 29 heavy (non-hydrogen) atoms. The van der Waals surface area contributed by atoms with Gasteiger partial charge in [0.15, 0.2) is 11.5 Å². The molecule has 0 aliphatic carbocycles. The van der Waals surface area contributed by atoms with Crippen LogP contribution in [0.25, 0.3) is 0 Å². The number of rotatable bonds is 6. The second kappa shape index (κ2) is 8.72. The summed E-state index contributed by atoms with van der Waals surface area (Å²) in [7, 11) is 1.62. The van der Waals surface area contributed by atoms with Gasteiger partial charge in [0.25, 0.3) is 0 Å². The van der Waals surface area contributed by atoms with E-state index in [0.29, 0.717) is 23.7 Å². The molecule has 1 aliphatic rings. The first-order valence-corrected chi connectivity index (χ1v) is 10.0. The van der Waals surface area contributed by atoms with Crippen LogP contribution in [0.3, 0.4) is 0 Å². The summed E-state index contributed by atoms with van der Waals surface area (Å²) in [6, 6.07) is 25.6. The summed E-state index contributed by atoms with van der Waals surface area (Å²) < 4.78 is 11.5. The van der Waals surface area contributed by atoms with E-state index < -0.39 is 0 Å². The summed E-state index contributed by atoms with van der Waals surface area (Å²) in [6.07, 6.45) is 0. The van der Waals surface area contributed by atoms with Crippen LogP contribution in [-0.4, -0.2) is 12.2 Å². The van der Waals surface area contributed by atoms with Crippen molar-refractivity contribution in [1.82, 2.24) is 5.43 Å². The van der Waals surface area contributed by atoms with E-state index in [9.17, 15) is 5.26 Å². The van der Waals surface area contributed by atoms with Crippen molar-refractivity contribution in [3.05, 3.63) is 95.1 Å². The van der Waals surface area contributed by atoms with Crippen LogP contribution in [0.4, 0.5) is 0 Å². The highest BCUT2D eigenvalue weighted by Gasteiger charge is 2.23. The predicted octanol–water partition coefficient (Wildman–Crippen LogP) is 4.84. The summed E-state index contributed by atoms with van der Waals surface area (Å²) in [5.41, 5.74) is 6.78. The zero-order valence-electron chi connectivity index (χ0n) is 15.8. The lowest BCUT2D eigenvalue weighted by Gasteiger charge is -2.15. The Hall–Kier alpha value is -3.43.